The van der Waals surface area contributed by atoms with Crippen molar-refractivity contribution >= 4 is 16.8 Å². The fourth-order valence-electron chi connectivity index (χ4n) is 2.88. The van der Waals surface area contributed by atoms with Gasteiger partial charge in [0.2, 0.25) is 0 Å². The molecule has 1 aromatic heterocycles. The van der Waals surface area contributed by atoms with Gasteiger partial charge in [-0.25, -0.2) is 0 Å². The first-order valence-electron chi connectivity index (χ1n) is 6.84. The zero-order chi connectivity index (χ0) is 14.1. The third-order valence-electron chi connectivity index (χ3n) is 4.04. The van der Waals surface area contributed by atoms with E-state index >= 15 is 0 Å². The van der Waals surface area contributed by atoms with E-state index < -0.39 is 6.10 Å². The van der Waals surface area contributed by atoms with Gasteiger partial charge in [-0.05, 0) is 37.1 Å². The van der Waals surface area contributed by atoms with Crippen molar-refractivity contribution in [2.75, 3.05) is 6.61 Å². The number of H-pyrrole nitrogens is 1. The normalized spacial score (nSPS) is 26.0. The highest BCUT2D eigenvalue weighted by molar-refractivity contribution is 5.98. The molecule has 0 aliphatic heterocycles. The summed E-state index contributed by atoms with van der Waals surface area (Å²) in [6.07, 6.45) is 2.43. The number of hydrogen-bond acceptors (Lipinski definition) is 3. The highest BCUT2D eigenvalue weighted by Crippen LogP contribution is 2.26. The fraction of sp³-hybridized carbons (Fsp3) is 0.400. The van der Waals surface area contributed by atoms with Crippen molar-refractivity contribution in [3.63, 3.8) is 0 Å². The van der Waals surface area contributed by atoms with Gasteiger partial charge in [0.1, 0.15) is 0 Å². The number of fused-ring (bicyclic) bond motifs is 1. The van der Waals surface area contributed by atoms with Crippen molar-refractivity contribution in [3.05, 3.63) is 36.0 Å². The van der Waals surface area contributed by atoms with Crippen LogP contribution >= 0.6 is 0 Å². The summed E-state index contributed by atoms with van der Waals surface area (Å²) in [4.78, 5) is 15.3. The van der Waals surface area contributed by atoms with Crippen molar-refractivity contribution in [1.29, 1.82) is 0 Å². The van der Waals surface area contributed by atoms with Gasteiger partial charge < -0.3 is 20.5 Å². The molecule has 1 saturated carbocycles. The van der Waals surface area contributed by atoms with Crippen LogP contribution in [0.1, 0.15) is 23.2 Å². The van der Waals surface area contributed by atoms with Crippen LogP contribution in [0.25, 0.3) is 10.9 Å². The molecule has 1 heterocycles. The topological polar surface area (TPSA) is 85.3 Å². The molecule has 106 valence electrons. The number of aliphatic hydroxyl groups is 2. The molecule has 4 N–H and O–H groups in total. The van der Waals surface area contributed by atoms with E-state index in [-0.39, 0.29) is 24.5 Å². The minimum absolute atomic E-state index is 0.0388. The highest BCUT2D eigenvalue weighted by Gasteiger charge is 2.33. The van der Waals surface area contributed by atoms with Crippen molar-refractivity contribution in [3.8, 4) is 0 Å². The molecule has 3 rings (SSSR count). The van der Waals surface area contributed by atoms with Gasteiger partial charge in [0.15, 0.2) is 0 Å². The van der Waals surface area contributed by atoms with Crippen molar-refractivity contribution in [2.45, 2.75) is 25.0 Å². The lowest BCUT2D eigenvalue weighted by Crippen LogP contribution is -2.33. The second-order valence-corrected chi connectivity index (χ2v) is 5.43. The first-order chi connectivity index (χ1) is 9.67. The molecule has 5 heteroatoms. The molecule has 1 aliphatic rings. The Kier molecular flexibility index (Phi) is 3.46. The number of carbonyl (C=O) groups is 1. The Labute approximate surface area is 116 Å². The standard InChI is InChI=1S/C15H18N2O3/c18-8-11-6-12(7-14(11)19)17-15(20)10-1-2-13-9(5-10)3-4-16-13/h1-5,11-12,14,16,18-19H,6-8H2,(H,17,20)/t11-,12-,14-/m0/s1. The number of carbonyl (C=O) groups excluding carboxylic acids is 1. The van der Waals surface area contributed by atoms with E-state index in [0.29, 0.717) is 18.4 Å². The van der Waals surface area contributed by atoms with Crippen molar-refractivity contribution < 1.29 is 15.0 Å². The predicted octanol–water partition coefficient (Wildman–Crippen LogP) is 1.03. The van der Waals surface area contributed by atoms with Crippen LogP contribution in [0.3, 0.4) is 0 Å². The number of aromatic amines is 1. The first kappa shape index (κ1) is 13.1. The third kappa shape index (κ3) is 2.42. The third-order valence-corrected chi connectivity index (χ3v) is 4.04. The summed E-state index contributed by atoms with van der Waals surface area (Å²) in [6.45, 7) is -0.0388. The summed E-state index contributed by atoms with van der Waals surface area (Å²) < 4.78 is 0. The molecule has 20 heavy (non-hydrogen) atoms. The van der Waals surface area contributed by atoms with Gasteiger partial charge in [0.25, 0.3) is 5.91 Å². The number of hydrogen-bond donors (Lipinski definition) is 4. The Morgan fingerprint density at radius 2 is 2.20 bits per heavy atom. The van der Waals surface area contributed by atoms with Gasteiger partial charge in [-0.15, -0.1) is 0 Å². The number of aromatic nitrogens is 1. The summed E-state index contributed by atoms with van der Waals surface area (Å²) in [5, 5.41) is 22.8. The Hall–Kier alpha value is -1.85. The molecule has 1 fully saturated rings. The van der Waals surface area contributed by atoms with Gasteiger partial charge in [-0.2, -0.15) is 0 Å². The zero-order valence-electron chi connectivity index (χ0n) is 11.0. The lowest BCUT2D eigenvalue weighted by molar-refractivity contribution is 0.0903. The molecular formula is C15H18N2O3. The first-order valence-corrected chi connectivity index (χ1v) is 6.84. The average molecular weight is 274 g/mol. The predicted molar refractivity (Wildman–Crippen MR) is 75.4 cm³/mol. The molecule has 1 amide bonds. The number of rotatable bonds is 3. The average Bonchev–Trinajstić information content (AvgIpc) is 3.03. The van der Waals surface area contributed by atoms with Crippen LogP contribution < -0.4 is 5.32 Å². The Balaban J connectivity index is 1.70. The molecule has 3 atom stereocenters. The number of amides is 1. The van der Waals surface area contributed by atoms with Crippen molar-refractivity contribution in [1.82, 2.24) is 10.3 Å². The van der Waals surface area contributed by atoms with Gasteiger partial charge in [0, 0.05) is 41.2 Å². The maximum Gasteiger partial charge on any atom is 0.251 e. The van der Waals surface area contributed by atoms with Crippen LogP contribution in [-0.2, 0) is 0 Å². The van der Waals surface area contributed by atoms with E-state index in [0.717, 1.165) is 10.9 Å². The monoisotopic (exact) mass is 274 g/mol. The van der Waals surface area contributed by atoms with E-state index in [2.05, 4.69) is 10.3 Å². The number of nitrogens with one attached hydrogen (secondary N) is 2. The Morgan fingerprint density at radius 1 is 1.35 bits per heavy atom. The van der Waals surface area contributed by atoms with Crippen LogP contribution in [0.15, 0.2) is 30.5 Å². The van der Waals surface area contributed by atoms with E-state index in [1.54, 1.807) is 6.07 Å². The minimum atomic E-state index is -0.530. The van der Waals surface area contributed by atoms with E-state index in [4.69, 9.17) is 5.11 Å². The molecule has 2 aromatic rings. The summed E-state index contributed by atoms with van der Waals surface area (Å²) >= 11 is 0. The molecule has 1 aliphatic carbocycles. The van der Waals surface area contributed by atoms with E-state index in [9.17, 15) is 9.90 Å². The molecule has 5 nitrogen and oxygen atoms in total. The highest BCUT2D eigenvalue weighted by atomic mass is 16.3. The van der Waals surface area contributed by atoms with Gasteiger partial charge in [-0.3, -0.25) is 4.79 Å². The van der Waals surface area contributed by atoms with Crippen LogP contribution in [0.2, 0.25) is 0 Å². The number of aliphatic hydroxyl groups excluding tert-OH is 2. The maximum absolute atomic E-state index is 12.2. The molecular weight excluding hydrogens is 256 g/mol. The minimum Gasteiger partial charge on any atom is -0.396 e. The number of benzene rings is 1. The van der Waals surface area contributed by atoms with Gasteiger partial charge in [0.05, 0.1) is 6.10 Å². The summed E-state index contributed by atoms with van der Waals surface area (Å²) in [5.74, 6) is -0.267. The van der Waals surface area contributed by atoms with Crippen LogP contribution in [-0.4, -0.2) is 39.9 Å². The zero-order valence-corrected chi connectivity index (χ0v) is 11.0. The van der Waals surface area contributed by atoms with Gasteiger partial charge >= 0.3 is 0 Å². The summed E-state index contributed by atoms with van der Waals surface area (Å²) in [5.41, 5.74) is 1.61. The molecule has 1 aromatic carbocycles. The summed E-state index contributed by atoms with van der Waals surface area (Å²) in [6, 6.07) is 7.35. The lowest BCUT2D eigenvalue weighted by Gasteiger charge is -2.12. The smallest absolute Gasteiger partial charge is 0.251 e. The molecule has 0 spiro atoms. The van der Waals surface area contributed by atoms with Crippen molar-refractivity contribution in [2.24, 2.45) is 5.92 Å². The fourth-order valence-corrected chi connectivity index (χ4v) is 2.88. The van der Waals surface area contributed by atoms with Crippen LogP contribution in [0, 0.1) is 5.92 Å². The summed E-state index contributed by atoms with van der Waals surface area (Å²) in [7, 11) is 0. The quantitative estimate of drug-likeness (QED) is 0.674. The van der Waals surface area contributed by atoms with Gasteiger partial charge in [-0.1, -0.05) is 0 Å². The maximum atomic E-state index is 12.2. The second kappa shape index (κ2) is 5.26. The largest absolute Gasteiger partial charge is 0.396 e. The molecule has 0 unspecified atom stereocenters. The van der Waals surface area contributed by atoms with Crippen LogP contribution in [0.5, 0.6) is 0 Å². The Bertz CT molecular complexity index is 622. The van der Waals surface area contributed by atoms with E-state index in [1.807, 2.05) is 24.4 Å². The molecule has 0 bridgehead atoms. The molecule has 0 radical (unpaired) electrons. The second-order valence-electron chi connectivity index (χ2n) is 5.43. The van der Waals surface area contributed by atoms with Crippen LogP contribution in [0.4, 0.5) is 0 Å². The van der Waals surface area contributed by atoms with E-state index in [1.165, 1.54) is 0 Å². The SMILES string of the molecule is O=C(N[C@H]1C[C@@H](CO)[C@@H](O)C1)c1ccc2[nH]ccc2c1. The molecule has 0 saturated heterocycles. The Morgan fingerprint density at radius 3 is 2.95 bits per heavy atom. The lowest BCUT2D eigenvalue weighted by atomic mass is 10.1.